The lowest BCUT2D eigenvalue weighted by atomic mass is 10.2. The molecule has 1 N–H and O–H groups in total. The Bertz CT molecular complexity index is 1110. The summed E-state index contributed by atoms with van der Waals surface area (Å²) in [5, 5.41) is 3.56. The summed E-state index contributed by atoms with van der Waals surface area (Å²) >= 11 is 7.76. The summed E-state index contributed by atoms with van der Waals surface area (Å²) in [7, 11) is -3.86. The molecule has 0 radical (unpaired) electrons. The Hall–Kier alpha value is -2.48. The highest BCUT2D eigenvalue weighted by Crippen LogP contribution is 2.23. The minimum atomic E-state index is -3.86. The van der Waals surface area contributed by atoms with Crippen molar-refractivity contribution in [1.29, 1.82) is 0 Å². The quantitative estimate of drug-likeness (QED) is 0.387. The van der Waals surface area contributed by atoms with E-state index in [0.717, 1.165) is 32.8 Å². The van der Waals surface area contributed by atoms with Gasteiger partial charge in [-0.15, -0.1) is 0 Å². The molecule has 3 aromatic carbocycles. The van der Waals surface area contributed by atoms with Gasteiger partial charge in [-0.3, -0.25) is 9.10 Å². The molecule has 0 aliphatic heterocycles. The number of carbonyl (C=O) groups excluding carboxylic acids is 1. The van der Waals surface area contributed by atoms with Gasteiger partial charge in [-0.2, -0.15) is 11.8 Å². The number of anilines is 1. The maximum absolute atomic E-state index is 13.2. The first kappa shape index (κ1) is 24.2. The molecule has 1 amide bonds. The third-order valence-electron chi connectivity index (χ3n) is 4.61. The van der Waals surface area contributed by atoms with Crippen LogP contribution in [-0.4, -0.2) is 33.2 Å². The second kappa shape index (κ2) is 11.9. The Morgan fingerprint density at radius 1 is 0.938 bits per heavy atom. The average molecular weight is 489 g/mol. The van der Waals surface area contributed by atoms with Gasteiger partial charge in [-0.1, -0.05) is 60.1 Å². The molecule has 8 heteroatoms. The van der Waals surface area contributed by atoms with Crippen LogP contribution in [0, 0.1) is 0 Å². The van der Waals surface area contributed by atoms with Gasteiger partial charge in [0.05, 0.1) is 10.6 Å². The lowest BCUT2D eigenvalue weighted by Gasteiger charge is -2.24. The summed E-state index contributed by atoms with van der Waals surface area (Å²) in [4.78, 5) is 12.7. The van der Waals surface area contributed by atoms with Crippen molar-refractivity contribution in [2.45, 2.75) is 17.1 Å². The van der Waals surface area contributed by atoms with E-state index in [9.17, 15) is 13.2 Å². The number of rotatable bonds is 11. The van der Waals surface area contributed by atoms with Crippen molar-refractivity contribution in [3.63, 3.8) is 0 Å². The average Bonchev–Trinajstić information content (AvgIpc) is 2.81. The predicted octanol–water partition coefficient (Wildman–Crippen LogP) is 4.98. The number of hydrogen-bond acceptors (Lipinski definition) is 4. The molecule has 0 unspecified atom stereocenters. The first-order valence-corrected chi connectivity index (χ1v) is 13.2. The van der Waals surface area contributed by atoms with Crippen LogP contribution in [0.25, 0.3) is 0 Å². The van der Waals surface area contributed by atoms with Gasteiger partial charge in [0.25, 0.3) is 10.0 Å². The second-order valence-electron chi connectivity index (χ2n) is 7.05. The van der Waals surface area contributed by atoms with Crippen LogP contribution < -0.4 is 9.62 Å². The van der Waals surface area contributed by atoms with Gasteiger partial charge in [0, 0.05) is 17.3 Å². The number of amides is 1. The Labute approximate surface area is 198 Å². The lowest BCUT2D eigenvalue weighted by Crippen LogP contribution is -2.41. The van der Waals surface area contributed by atoms with Crippen molar-refractivity contribution in [1.82, 2.24) is 5.32 Å². The van der Waals surface area contributed by atoms with Gasteiger partial charge < -0.3 is 5.32 Å². The molecule has 0 aliphatic carbocycles. The Balaban J connectivity index is 1.53. The van der Waals surface area contributed by atoms with Crippen LogP contribution in [0.2, 0.25) is 5.02 Å². The van der Waals surface area contributed by atoms with Crippen LogP contribution in [-0.2, 0) is 20.6 Å². The molecular formula is C24H25ClN2O3S2. The van der Waals surface area contributed by atoms with Crippen molar-refractivity contribution in [3.8, 4) is 0 Å². The Kier molecular flexibility index (Phi) is 9.02. The van der Waals surface area contributed by atoms with Crippen molar-refractivity contribution in [2.24, 2.45) is 0 Å². The maximum Gasteiger partial charge on any atom is 0.264 e. The predicted molar refractivity (Wildman–Crippen MR) is 133 cm³/mol. The molecule has 0 saturated heterocycles. The number of halogens is 1. The number of hydrogen-bond donors (Lipinski definition) is 1. The largest absolute Gasteiger partial charge is 0.354 e. The van der Waals surface area contributed by atoms with E-state index in [4.69, 9.17) is 11.6 Å². The number of carbonyl (C=O) groups is 1. The van der Waals surface area contributed by atoms with E-state index in [-0.39, 0.29) is 17.3 Å². The number of thioether (sulfide) groups is 1. The van der Waals surface area contributed by atoms with Gasteiger partial charge in [-0.25, -0.2) is 8.42 Å². The van der Waals surface area contributed by atoms with E-state index >= 15 is 0 Å². The monoisotopic (exact) mass is 488 g/mol. The van der Waals surface area contributed by atoms with Crippen LogP contribution in [0.3, 0.4) is 0 Å². The summed E-state index contributed by atoms with van der Waals surface area (Å²) in [6, 6.07) is 24.6. The van der Waals surface area contributed by atoms with Gasteiger partial charge in [-0.05, 0) is 54.1 Å². The van der Waals surface area contributed by atoms with E-state index in [1.807, 2.05) is 24.3 Å². The summed E-state index contributed by atoms with van der Waals surface area (Å²) in [6.45, 7) is 0.201. The molecule has 3 aromatic rings. The number of nitrogens with one attached hydrogen (secondary N) is 1. The minimum Gasteiger partial charge on any atom is -0.354 e. The van der Waals surface area contributed by atoms with Crippen molar-refractivity contribution in [2.75, 3.05) is 23.1 Å². The highest BCUT2D eigenvalue weighted by atomic mass is 35.5. The molecule has 0 aromatic heterocycles. The molecule has 0 aliphatic rings. The zero-order chi connectivity index (χ0) is 22.8. The van der Waals surface area contributed by atoms with E-state index in [0.29, 0.717) is 12.2 Å². The topological polar surface area (TPSA) is 66.5 Å². The van der Waals surface area contributed by atoms with Crippen LogP contribution in [0.1, 0.15) is 12.0 Å². The molecule has 0 saturated carbocycles. The van der Waals surface area contributed by atoms with Gasteiger partial charge >= 0.3 is 0 Å². The van der Waals surface area contributed by atoms with Crippen molar-refractivity contribution < 1.29 is 13.2 Å². The van der Waals surface area contributed by atoms with Crippen LogP contribution in [0.15, 0.2) is 89.8 Å². The Morgan fingerprint density at radius 3 is 2.31 bits per heavy atom. The fourth-order valence-corrected chi connectivity index (χ4v) is 5.60. The molecular weight excluding hydrogens is 464 g/mol. The van der Waals surface area contributed by atoms with Gasteiger partial charge in [0.1, 0.15) is 6.54 Å². The van der Waals surface area contributed by atoms with Crippen LogP contribution in [0.4, 0.5) is 5.69 Å². The highest BCUT2D eigenvalue weighted by Gasteiger charge is 2.26. The second-order valence-corrected chi connectivity index (χ2v) is 10.5. The molecule has 168 valence electrons. The molecule has 0 heterocycles. The number of para-hydroxylation sites is 1. The lowest BCUT2D eigenvalue weighted by molar-refractivity contribution is -0.119. The zero-order valence-electron chi connectivity index (χ0n) is 17.5. The molecule has 0 spiro atoms. The van der Waals surface area contributed by atoms with E-state index in [1.54, 1.807) is 60.3 Å². The summed E-state index contributed by atoms with van der Waals surface area (Å²) in [6.07, 6.45) is 0.785. The van der Waals surface area contributed by atoms with E-state index in [2.05, 4.69) is 5.32 Å². The Morgan fingerprint density at radius 2 is 1.62 bits per heavy atom. The molecule has 32 heavy (non-hydrogen) atoms. The SMILES string of the molecule is O=C(CN(c1ccccc1)S(=O)(=O)c1ccccc1)NCCCSCc1cccc(Cl)c1. The summed E-state index contributed by atoms with van der Waals surface area (Å²) < 4.78 is 27.5. The van der Waals surface area contributed by atoms with Gasteiger partial charge in [0.15, 0.2) is 0 Å². The summed E-state index contributed by atoms with van der Waals surface area (Å²) in [5.74, 6) is 1.39. The number of benzene rings is 3. The smallest absolute Gasteiger partial charge is 0.264 e. The molecule has 0 fully saturated rings. The fraction of sp³-hybridized carbons (Fsp3) is 0.208. The normalized spacial score (nSPS) is 11.2. The third kappa shape index (κ3) is 7.02. The van der Waals surface area contributed by atoms with Gasteiger partial charge in [0.2, 0.25) is 5.91 Å². The molecule has 5 nitrogen and oxygen atoms in total. The standard InChI is InChI=1S/C24H25ClN2O3S2/c25-21-10-7-9-20(17-21)19-31-16-8-15-26-24(28)18-27(22-11-3-1-4-12-22)32(29,30)23-13-5-2-6-14-23/h1-7,9-14,17H,8,15-16,18-19H2,(H,26,28). The summed E-state index contributed by atoms with van der Waals surface area (Å²) in [5.41, 5.74) is 1.61. The van der Waals surface area contributed by atoms with Crippen molar-refractivity contribution in [3.05, 3.63) is 95.5 Å². The minimum absolute atomic E-state index is 0.147. The highest BCUT2D eigenvalue weighted by molar-refractivity contribution is 7.98. The first-order chi connectivity index (χ1) is 15.5. The first-order valence-electron chi connectivity index (χ1n) is 10.2. The molecule has 0 bridgehead atoms. The van der Waals surface area contributed by atoms with E-state index in [1.165, 1.54) is 12.1 Å². The molecule has 3 rings (SSSR count). The number of sulfonamides is 1. The number of nitrogens with zero attached hydrogens (tertiary/aromatic N) is 1. The zero-order valence-corrected chi connectivity index (χ0v) is 19.9. The molecule has 0 atom stereocenters. The maximum atomic E-state index is 13.2. The third-order valence-corrected chi connectivity index (χ3v) is 7.75. The van der Waals surface area contributed by atoms with Crippen LogP contribution in [0.5, 0.6) is 0 Å². The fourth-order valence-electron chi connectivity index (χ4n) is 3.03. The van der Waals surface area contributed by atoms with Crippen molar-refractivity contribution >= 4 is 45.0 Å². The van der Waals surface area contributed by atoms with Crippen LogP contribution >= 0.6 is 23.4 Å². The van der Waals surface area contributed by atoms with E-state index < -0.39 is 10.0 Å².